The summed E-state index contributed by atoms with van der Waals surface area (Å²) >= 11 is 0. The Kier molecular flexibility index (Phi) is 5.12. The maximum Gasteiger partial charge on any atom is 0.239 e. The fraction of sp³-hybridized carbons (Fsp3) is 0.462. The van der Waals surface area contributed by atoms with Crippen LogP contribution in [-0.2, 0) is 11.2 Å². The van der Waals surface area contributed by atoms with Gasteiger partial charge in [-0.3, -0.25) is 4.79 Å². The van der Waals surface area contributed by atoms with Crippen LogP contribution in [0.15, 0.2) is 24.3 Å². The summed E-state index contributed by atoms with van der Waals surface area (Å²) in [5.41, 5.74) is 6.72. The van der Waals surface area contributed by atoms with Crippen molar-refractivity contribution < 1.29 is 15.0 Å². The number of benzene rings is 1. The zero-order valence-electron chi connectivity index (χ0n) is 10.7. The number of rotatable bonds is 5. The minimum atomic E-state index is -0.640. The summed E-state index contributed by atoms with van der Waals surface area (Å²) in [5, 5.41) is 18.4. The van der Waals surface area contributed by atoms with E-state index in [2.05, 4.69) is 0 Å². The lowest BCUT2D eigenvalue weighted by Crippen LogP contribution is -2.45. The van der Waals surface area contributed by atoms with E-state index in [4.69, 9.17) is 10.8 Å². The highest BCUT2D eigenvalue weighted by atomic mass is 16.3. The molecule has 0 heterocycles. The van der Waals surface area contributed by atoms with Crippen molar-refractivity contribution >= 4 is 5.91 Å². The lowest BCUT2D eigenvalue weighted by Gasteiger charge is -2.22. The number of aliphatic hydroxyl groups excluding tert-OH is 1. The molecule has 4 N–H and O–H groups in total. The molecule has 5 nitrogen and oxygen atoms in total. The molecule has 0 radical (unpaired) electrons. The van der Waals surface area contributed by atoms with Gasteiger partial charge in [-0.25, -0.2) is 0 Å². The van der Waals surface area contributed by atoms with Gasteiger partial charge in [-0.05, 0) is 31.0 Å². The smallest absolute Gasteiger partial charge is 0.239 e. The Morgan fingerprint density at radius 2 is 1.94 bits per heavy atom. The monoisotopic (exact) mass is 252 g/mol. The van der Waals surface area contributed by atoms with E-state index < -0.39 is 12.1 Å². The molecule has 1 amide bonds. The van der Waals surface area contributed by atoms with Crippen molar-refractivity contribution in [3.63, 3.8) is 0 Å². The van der Waals surface area contributed by atoms with Crippen molar-refractivity contribution in [2.75, 3.05) is 13.6 Å². The van der Waals surface area contributed by atoms with Gasteiger partial charge >= 0.3 is 0 Å². The van der Waals surface area contributed by atoms with Crippen LogP contribution in [0.2, 0.25) is 0 Å². The second kappa shape index (κ2) is 6.37. The van der Waals surface area contributed by atoms with E-state index in [1.807, 2.05) is 0 Å². The van der Waals surface area contributed by atoms with Crippen LogP contribution in [-0.4, -0.2) is 46.8 Å². The molecule has 2 atom stereocenters. The normalized spacial score (nSPS) is 14.0. The van der Waals surface area contributed by atoms with E-state index in [9.17, 15) is 9.90 Å². The first kappa shape index (κ1) is 14.5. The summed E-state index contributed by atoms with van der Waals surface area (Å²) in [6, 6.07) is 5.95. The third kappa shape index (κ3) is 4.35. The second-order valence-corrected chi connectivity index (χ2v) is 4.54. The number of carbonyl (C=O) groups excluding carboxylic acids is 1. The third-order valence-electron chi connectivity index (χ3n) is 2.62. The molecular formula is C13H20N2O3. The van der Waals surface area contributed by atoms with E-state index in [1.165, 1.54) is 4.90 Å². The average molecular weight is 252 g/mol. The maximum atomic E-state index is 11.9. The average Bonchev–Trinajstić information content (AvgIpc) is 2.30. The van der Waals surface area contributed by atoms with E-state index in [0.29, 0.717) is 6.42 Å². The predicted molar refractivity (Wildman–Crippen MR) is 69.1 cm³/mol. The number of carbonyl (C=O) groups is 1. The zero-order valence-corrected chi connectivity index (χ0v) is 10.7. The fourth-order valence-electron chi connectivity index (χ4n) is 1.74. The van der Waals surface area contributed by atoms with Crippen molar-refractivity contribution in [3.8, 4) is 5.75 Å². The number of aromatic hydroxyl groups is 1. The van der Waals surface area contributed by atoms with Gasteiger partial charge in [0.2, 0.25) is 5.91 Å². The Morgan fingerprint density at radius 3 is 2.44 bits per heavy atom. The van der Waals surface area contributed by atoms with Crippen LogP contribution in [0.4, 0.5) is 0 Å². The largest absolute Gasteiger partial charge is 0.508 e. The first-order valence-electron chi connectivity index (χ1n) is 5.86. The summed E-state index contributed by atoms with van der Waals surface area (Å²) in [5.74, 6) is -0.0196. The minimum absolute atomic E-state index is 0.185. The van der Waals surface area contributed by atoms with Crippen molar-refractivity contribution in [2.24, 2.45) is 5.73 Å². The summed E-state index contributed by atoms with van der Waals surface area (Å²) in [6.45, 7) is 1.89. The van der Waals surface area contributed by atoms with Gasteiger partial charge in [0.15, 0.2) is 0 Å². The number of amides is 1. The molecule has 1 unspecified atom stereocenters. The van der Waals surface area contributed by atoms with Gasteiger partial charge in [-0.2, -0.15) is 0 Å². The number of phenolic OH excluding ortho intramolecular Hbond substituents is 1. The van der Waals surface area contributed by atoms with Gasteiger partial charge in [0.1, 0.15) is 5.75 Å². The van der Waals surface area contributed by atoms with Gasteiger partial charge in [0.25, 0.3) is 0 Å². The summed E-state index contributed by atoms with van der Waals surface area (Å²) in [4.78, 5) is 13.3. The number of likely N-dealkylation sites (N-methyl/N-ethyl adjacent to an activating group) is 1. The van der Waals surface area contributed by atoms with Crippen LogP contribution in [0.5, 0.6) is 5.75 Å². The molecule has 0 aliphatic carbocycles. The Bertz CT molecular complexity index is 390. The highest BCUT2D eigenvalue weighted by Crippen LogP contribution is 2.11. The van der Waals surface area contributed by atoms with Crippen LogP contribution in [0.1, 0.15) is 12.5 Å². The lowest BCUT2D eigenvalue weighted by molar-refractivity contribution is -0.132. The summed E-state index contributed by atoms with van der Waals surface area (Å²) in [6.07, 6.45) is -0.164. The molecule has 0 spiro atoms. The predicted octanol–water partition coefficient (Wildman–Crippen LogP) is 0.101. The fourth-order valence-corrected chi connectivity index (χ4v) is 1.74. The summed E-state index contributed by atoms with van der Waals surface area (Å²) < 4.78 is 0. The van der Waals surface area contributed by atoms with Crippen molar-refractivity contribution in [1.29, 1.82) is 0 Å². The Labute approximate surface area is 107 Å². The quantitative estimate of drug-likeness (QED) is 0.693. The molecule has 0 fully saturated rings. The van der Waals surface area contributed by atoms with Crippen molar-refractivity contribution in [1.82, 2.24) is 4.90 Å². The van der Waals surface area contributed by atoms with Gasteiger partial charge in [0, 0.05) is 13.6 Å². The first-order chi connectivity index (χ1) is 8.40. The number of nitrogens with zero attached hydrogens (tertiary/aromatic N) is 1. The highest BCUT2D eigenvalue weighted by molar-refractivity contribution is 5.81. The Balaban J connectivity index is 2.56. The molecule has 5 heteroatoms. The number of aliphatic hydroxyl groups is 1. The Hall–Kier alpha value is -1.59. The van der Waals surface area contributed by atoms with Crippen LogP contribution in [0.3, 0.4) is 0 Å². The topological polar surface area (TPSA) is 86.8 Å². The molecule has 0 aliphatic heterocycles. The molecule has 1 aromatic rings. The molecular weight excluding hydrogens is 232 g/mol. The standard InChI is InChI=1S/C13H20N2O3/c1-9(16)8-15(2)13(18)12(14)7-10-3-5-11(17)6-4-10/h3-6,9,12,16-17H,7-8,14H2,1-2H3/t9?,12-/m0/s1. The van der Waals surface area contributed by atoms with E-state index in [1.54, 1.807) is 38.2 Å². The molecule has 0 aromatic heterocycles. The molecule has 0 saturated heterocycles. The van der Waals surface area contributed by atoms with E-state index in [-0.39, 0.29) is 18.2 Å². The molecule has 1 aromatic carbocycles. The number of phenols is 1. The molecule has 100 valence electrons. The SMILES string of the molecule is CC(O)CN(C)C(=O)[C@@H](N)Cc1ccc(O)cc1. The van der Waals surface area contributed by atoms with Gasteiger partial charge < -0.3 is 20.8 Å². The van der Waals surface area contributed by atoms with E-state index in [0.717, 1.165) is 5.56 Å². The Morgan fingerprint density at radius 1 is 1.39 bits per heavy atom. The number of hydrogen-bond donors (Lipinski definition) is 3. The van der Waals surface area contributed by atoms with Crippen LogP contribution >= 0.6 is 0 Å². The van der Waals surface area contributed by atoms with E-state index >= 15 is 0 Å². The van der Waals surface area contributed by atoms with Crippen molar-refractivity contribution in [3.05, 3.63) is 29.8 Å². The lowest BCUT2D eigenvalue weighted by atomic mass is 10.1. The first-order valence-corrected chi connectivity index (χ1v) is 5.86. The van der Waals surface area contributed by atoms with Crippen LogP contribution in [0, 0.1) is 0 Å². The maximum absolute atomic E-state index is 11.9. The molecule has 0 aliphatic rings. The van der Waals surface area contributed by atoms with Gasteiger partial charge in [-0.1, -0.05) is 12.1 Å². The third-order valence-corrected chi connectivity index (χ3v) is 2.62. The molecule has 1 rings (SSSR count). The molecule has 0 bridgehead atoms. The van der Waals surface area contributed by atoms with Crippen molar-refractivity contribution in [2.45, 2.75) is 25.5 Å². The minimum Gasteiger partial charge on any atom is -0.508 e. The highest BCUT2D eigenvalue weighted by Gasteiger charge is 2.19. The molecule has 0 saturated carbocycles. The van der Waals surface area contributed by atoms with Crippen LogP contribution in [0.25, 0.3) is 0 Å². The molecule has 18 heavy (non-hydrogen) atoms. The number of hydrogen-bond acceptors (Lipinski definition) is 4. The van der Waals surface area contributed by atoms with Gasteiger partial charge in [0.05, 0.1) is 12.1 Å². The number of nitrogens with two attached hydrogens (primary N) is 1. The zero-order chi connectivity index (χ0) is 13.7. The second-order valence-electron chi connectivity index (χ2n) is 4.54. The van der Waals surface area contributed by atoms with Gasteiger partial charge in [-0.15, -0.1) is 0 Å². The van der Waals surface area contributed by atoms with Crippen LogP contribution < -0.4 is 5.73 Å². The summed E-state index contributed by atoms with van der Waals surface area (Å²) in [7, 11) is 1.62.